The average Bonchev–Trinajstić information content (AvgIpc) is 2.95. The smallest absolute Gasteiger partial charge is 0.307 e. The normalized spacial score (nSPS) is 11.7. The molecular weight excluding hydrogens is 372 g/mol. The number of carbonyl (C=O) groups is 2. The van der Waals surface area contributed by atoms with Gasteiger partial charge in [0.15, 0.2) is 4.80 Å². The summed E-state index contributed by atoms with van der Waals surface area (Å²) < 4.78 is 7.59. The lowest BCUT2D eigenvalue weighted by atomic mass is 10.2. The summed E-state index contributed by atoms with van der Waals surface area (Å²) in [5, 5.41) is 0.360. The van der Waals surface area contributed by atoms with Crippen LogP contribution in [-0.4, -0.2) is 23.6 Å². The molecule has 0 aliphatic carbocycles. The molecule has 2 aromatic carbocycles. The van der Waals surface area contributed by atoms with Crippen molar-refractivity contribution in [1.29, 1.82) is 0 Å². The van der Waals surface area contributed by atoms with Crippen LogP contribution in [0.5, 0.6) is 0 Å². The van der Waals surface area contributed by atoms with E-state index in [1.54, 1.807) is 24.3 Å². The predicted molar refractivity (Wildman–Crippen MR) is 103 cm³/mol. The van der Waals surface area contributed by atoms with Crippen molar-refractivity contribution in [2.24, 2.45) is 4.99 Å². The minimum Gasteiger partial charge on any atom is -0.469 e. The van der Waals surface area contributed by atoms with Gasteiger partial charge in [-0.1, -0.05) is 41.1 Å². The van der Waals surface area contributed by atoms with E-state index in [2.05, 4.69) is 4.99 Å². The summed E-state index contributed by atoms with van der Waals surface area (Å²) in [6.45, 7) is 2.38. The monoisotopic (exact) mass is 388 g/mol. The second-order valence-electron chi connectivity index (χ2n) is 5.73. The molecule has 0 spiro atoms. The first kappa shape index (κ1) is 18.4. The number of amides is 1. The van der Waals surface area contributed by atoms with E-state index in [9.17, 15) is 9.59 Å². The molecule has 1 aromatic heterocycles. The minimum absolute atomic E-state index is 0.198. The van der Waals surface area contributed by atoms with Crippen molar-refractivity contribution < 1.29 is 14.3 Å². The molecule has 0 bridgehead atoms. The van der Waals surface area contributed by atoms with Crippen LogP contribution >= 0.6 is 22.9 Å². The van der Waals surface area contributed by atoms with E-state index in [4.69, 9.17) is 16.3 Å². The van der Waals surface area contributed by atoms with Crippen molar-refractivity contribution in [2.75, 3.05) is 7.11 Å². The molecule has 3 aromatic rings. The lowest BCUT2D eigenvalue weighted by molar-refractivity contribution is -0.140. The molecule has 134 valence electrons. The lowest BCUT2D eigenvalue weighted by Gasteiger charge is -2.05. The number of thiazole rings is 1. The van der Waals surface area contributed by atoms with E-state index >= 15 is 0 Å². The van der Waals surface area contributed by atoms with Gasteiger partial charge in [0.25, 0.3) is 5.91 Å². The zero-order valence-corrected chi connectivity index (χ0v) is 15.9. The molecular formula is C19H17ClN2O3S. The van der Waals surface area contributed by atoms with Gasteiger partial charge < -0.3 is 9.30 Å². The van der Waals surface area contributed by atoms with Crippen LogP contribution in [0.3, 0.4) is 0 Å². The van der Waals surface area contributed by atoms with Crippen molar-refractivity contribution in [3.63, 3.8) is 0 Å². The van der Waals surface area contributed by atoms with Crippen molar-refractivity contribution in [2.45, 2.75) is 19.9 Å². The van der Waals surface area contributed by atoms with Gasteiger partial charge in [0.1, 0.15) is 0 Å². The summed E-state index contributed by atoms with van der Waals surface area (Å²) in [6.07, 6.45) is 0.198. The Morgan fingerprint density at radius 2 is 2.00 bits per heavy atom. The summed E-state index contributed by atoms with van der Waals surface area (Å²) in [6, 6.07) is 12.8. The van der Waals surface area contributed by atoms with Crippen LogP contribution in [0.15, 0.2) is 47.5 Å². The van der Waals surface area contributed by atoms with Crippen molar-refractivity contribution in [3.05, 3.63) is 63.4 Å². The van der Waals surface area contributed by atoms with Gasteiger partial charge in [-0.2, -0.15) is 4.99 Å². The third-order valence-electron chi connectivity index (χ3n) is 3.91. The maximum Gasteiger partial charge on any atom is 0.307 e. The summed E-state index contributed by atoms with van der Waals surface area (Å²) in [7, 11) is 1.36. The molecule has 5 nitrogen and oxygen atoms in total. The second-order valence-corrected chi connectivity index (χ2v) is 7.15. The fourth-order valence-corrected chi connectivity index (χ4v) is 3.94. The number of rotatable bonds is 4. The quantitative estimate of drug-likeness (QED) is 0.635. The van der Waals surface area contributed by atoms with E-state index in [0.717, 1.165) is 15.8 Å². The highest BCUT2D eigenvalue weighted by Gasteiger charge is 2.12. The van der Waals surface area contributed by atoms with Crippen LogP contribution < -0.4 is 4.80 Å². The number of ether oxygens (including phenoxy) is 1. The lowest BCUT2D eigenvalue weighted by Crippen LogP contribution is -2.19. The molecule has 0 unspecified atom stereocenters. The molecule has 0 atom stereocenters. The van der Waals surface area contributed by atoms with E-state index in [1.165, 1.54) is 18.4 Å². The molecule has 0 aliphatic rings. The highest BCUT2D eigenvalue weighted by atomic mass is 35.5. The molecule has 0 N–H and O–H groups in total. The molecule has 0 saturated heterocycles. The number of esters is 1. The number of hydrogen-bond donors (Lipinski definition) is 0. The Labute approximate surface area is 159 Å². The first-order valence-corrected chi connectivity index (χ1v) is 9.19. The Bertz CT molecular complexity index is 1050. The van der Waals surface area contributed by atoms with Gasteiger partial charge in [-0.3, -0.25) is 9.59 Å². The minimum atomic E-state index is -0.411. The number of methoxy groups -OCH3 is 1. The van der Waals surface area contributed by atoms with Gasteiger partial charge in [-0.15, -0.1) is 0 Å². The molecule has 0 saturated carbocycles. The van der Waals surface area contributed by atoms with E-state index in [0.29, 0.717) is 21.9 Å². The van der Waals surface area contributed by atoms with Gasteiger partial charge in [0.2, 0.25) is 0 Å². The first-order valence-electron chi connectivity index (χ1n) is 8.00. The average molecular weight is 389 g/mol. The Morgan fingerprint density at radius 3 is 2.73 bits per heavy atom. The predicted octanol–water partition coefficient (Wildman–Crippen LogP) is 3.97. The SMILES string of the molecule is COC(=O)CCn1c(=NC(=O)c2ccccc2Cl)sc2cc(C)ccc21. The van der Waals surface area contributed by atoms with E-state index in [-0.39, 0.29) is 12.4 Å². The maximum absolute atomic E-state index is 12.6. The molecule has 7 heteroatoms. The Morgan fingerprint density at radius 1 is 1.23 bits per heavy atom. The molecule has 0 aliphatic heterocycles. The fourth-order valence-electron chi connectivity index (χ4n) is 2.57. The molecule has 0 fully saturated rings. The first-order chi connectivity index (χ1) is 12.5. The Kier molecular flexibility index (Phi) is 5.54. The van der Waals surface area contributed by atoms with Crippen LogP contribution in [0.2, 0.25) is 5.02 Å². The number of fused-ring (bicyclic) bond motifs is 1. The largest absolute Gasteiger partial charge is 0.469 e. The summed E-state index contributed by atoms with van der Waals surface area (Å²) in [5.74, 6) is -0.724. The number of nitrogens with zero attached hydrogens (tertiary/aromatic N) is 2. The van der Waals surface area contributed by atoms with Crippen molar-refractivity contribution in [1.82, 2.24) is 4.57 Å². The molecule has 26 heavy (non-hydrogen) atoms. The fraction of sp³-hybridized carbons (Fsp3) is 0.211. The van der Waals surface area contributed by atoms with Gasteiger partial charge in [0.05, 0.1) is 34.3 Å². The second kappa shape index (κ2) is 7.85. The Balaban J connectivity index is 2.10. The van der Waals surface area contributed by atoms with Crippen LogP contribution in [0.25, 0.3) is 10.2 Å². The molecule has 1 heterocycles. The van der Waals surface area contributed by atoms with Crippen LogP contribution in [-0.2, 0) is 16.1 Å². The third-order valence-corrected chi connectivity index (χ3v) is 5.28. The molecule has 3 rings (SSSR count). The zero-order chi connectivity index (χ0) is 18.7. The third kappa shape index (κ3) is 3.86. The number of halogens is 1. The molecule has 0 radical (unpaired) electrons. The maximum atomic E-state index is 12.6. The van der Waals surface area contributed by atoms with Gasteiger partial charge in [-0.25, -0.2) is 0 Å². The Hall–Kier alpha value is -2.44. The van der Waals surface area contributed by atoms with Crippen LogP contribution in [0.1, 0.15) is 22.3 Å². The van der Waals surface area contributed by atoms with Gasteiger partial charge in [0, 0.05) is 6.54 Å². The standard InChI is InChI=1S/C19H17ClN2O3S/c1-12-7-8-15-16(11-12)26-19(22(15)10-9-17(23)25-2)21-18(24)13-5-3-4-6-14(13)20/h3-8,11H,9-10H2,1-2H3. The summed E-state index contributed by atoms with van der Waals surface area (Å²) >= 11 is 7.51. The van der Waals surface area contributed by atoms with E-state index < -0.39 is 5.91 Å². The molecule has 1 amide bonds. The van der Waals surface area contributed by atoms with Crippen molar-refractivity contribution >= 4 is 45.0 Å². The van der Waals surface area contributed by atoms with Gasteiger partial charge in [-0.05, 0) is 36.8 Å². The summed E-state index contributed by atoms with van der Waals surface area (Å²) in [4.78, 5) is 28.9. The highest BCUT2D eigenvalue weighted by Crippen LogP contribution is 2.20. The van der Waals surface area contributed by atoms with Gasteiger partial charge >= 0.3 is 5.97 Å². The van der Waals surface area contributed by atoms with Crippen LogP contribution in [0.4, 0.5) is 0 Å². The summed E-state index contributed by atoms with van der Waals surface area (Å²) in [5.41, 5.74) is 2.39. The number of benzene rings is 2. The van der Waals surface area contributed by atoms with E-state index in [1.807, 2.05) is 29.7 Å². The number of aromatic nitrogens is 1. The zero-order valence-electron chi connectivity index (χ0n) is 14.4. The topological polar surface area (TPSA) is 60.7 Å². The number of carbonyl (C=O) groups excluding carboxylic acids is 2. The highest BCUT2D eigenvalue weighted by molar-refractivity contribution is 7.16. The van der Waals surface area contributed by atoms with Crippen LogP contribution in [0, 0.1) is 6.92 Å². The number of hydrogen-bond acceptors (Lipinski definition) is 4. The number of aryl methyl sites for hydroxylation is 2. The van der Waals surface area contributed by atoms with Crippen molar-refractivity contribution in [3.8, 4) is 0 Å².